The number of carbonyl (C=O) groups excluding carboxylic acids is 1. The molecule has 8 heteroatoms. The molecule has 0 spiro atoms. The van der Waals surface area contributed by atoms with E-state index in [-0.39, 0.29) is 22.8 Å². The van der Waals surface area contributed by atoms with Crippen LogP contribution < -0.4 is 10.9 Å². The van der Waals surface area contributed by atoms with Gasteiger partial charge >= 0.3 is 0 Å². The van der Waals surface area contributed by atoms with Crippen molar-refractivity contribution in [3.05, 3.63) is 51.2 Å². The molecule has 1 aromatic carbocycles. The molecule has 0 bridgehead atoms. The zero-order valence-electron chi connectivity index (χ0n) is 21.0. The Hall–Kier alpha value is -2.74. The lowest BCUT2D eigenvalue weighted by molar-refractivity contribution is 0.0910. The molecule has 7 nitrogen and oxygen atoms in total. The molecule has 1 fully saturated rings. The number of fused-ring (bicyclic) bond motifs is 2. The van der Waals surface area contributed by atoms with Crippen LogP contribution in [0.2, 0.25) is 0 Å². The quantitative estimate of drug-likeness (QED) is 0.546. The van der Waals surface area contributed by atoms with Gasteiger partial charge in [0.05, 0.1) is 28.0 Å². The minimum atomic E-state index is -0.754. The number of ketones is 1. The number of hydrogen-bond donors (Lipinski definition) is 2. The molecular formula is C27H34N4O3S. The van der Waals surface area contributed by atoms with Crippen LogP contribution in [0.4, 0.5) is 5.69 Å². The van der Waals surface area contributed by atoms with Crippen LogP contribution in [-0.4, -0.2) is 42.3 Å². The number of pyridine rings is 1. The largest absolute Gasteiger partial charge is 0.382 e. The third-order valence-electron chi connectivity index (χ3n) is 7.22. The SMILES string of the molecule is CCCc1cc2cc(-n3nc(C)c4c3CC(C)(C)CC4=O)cc(NC3CCS(=O)CC3)c2c(=O)[nH]1. The van der Waals surface area contributed by atoms with Gasteiger partial charge in [-0.15, -0.1) is 0 Å². The summed E-state index contributed by atoms with van der Waals surface area (Å²) in [6.45, 7) is 8.24. The standard InChI is InChI=1S/C27H34N4O3S/c1-5-6-19-11-17-12-20(31-22-14-27(3,4)15-23(32)24(22)16(2)30-31)13-21(25(17)26(33)29-19)28-18-7-9-35(34)10-8-18/h11-13,18,28H,5-10,14-15H2,1-4H3,(H,29,33). The van der Waals surface area contributed by atoms with Crippen molar-refractivity contribution in [3.63, 3.8) is 0 Å². The van der Waals surface area contributed by atoms with Gasteiger partial charge in [-0.3, -0.25) is 13.8 Å². The van der Waals surface area contributed by atoms with E-state index < -0.39 is 10.8 Å². The van der Waals surface area contributed by atoms with Crippen molar-refractivity contribution < 1.29 is 9.00 Å². The molecule has 2 aromatic heterocycles. The second kappa shape index (κ2) is 9.04. The van der Waals surface area contributed by atoms with Gasteiger partial charge in [0.2, 0.25) is 0 Å². The van der Waals surface area contributed by atoms with Gasteiger partial charge in [0.25, 0.3) is 5.56 Å². The first-order valence-electron chi connectivity index (χ1n) is 12.6. The van der Waals surface area contributed by atoms with Gasteiger partial charge < -0.3 is 10.3 Å². The maximum Gasteiger partial charge on any atom is 0.258 e. The molecule has 2 N–H and O–H groups in total. The number of Topliss-reactive ketones (excluding diaryl/α,β-unsaturated/α-hetero) is 1. The number of anilines is 1. The first-order chi connectivity index (χ1) is 16.6. The van der Waals surface area contributed by atoms with Crippen molar-refractivity contribution in [2.45, 2.75) is 72.3 Å². The number of H-pyrrole nitrogens is 1. The van der Waals surface area contributed by atoms with E-state index in [9.17, 15) is 13.8 Å². The number of nitrogens with one attached hydrogen (secondary N) is 2. The summed E-state index contributed by atoms with van der Waals surface area (Å²) in [6, 6.07) is 6.23. The summed E-state index contributed by atoms with van der Waals surface area (Å²) in [6.07, 6.45) is 4.64. The second-order valence-electron chi connectivity index (χ2n) is 10.9. The van der Waals surface area contributed by atoms with Gasteiger partial charge in [0.15, 0.2) is 5.78 Å². The maximum absolute atomic E-state index is 13.2. The fourth-order valence-electron chi connectivity index (χ4n) is 5.60. The average molecular weight is 495 g/mol. The predicted molar refractivity (Wildman–Crippen MR) is 141 cm³/mol. The molecule has 5 rings (SSSR count). The molecule has 35 heavy (non-hydrogen) atoms. The van der Waals surface area contributed by atoms with Crippen LogP contribution in [0.15, 0.2) is 23.0 Å². The minimum absolute atomic E-state index is 0.102. The van der Waals surface area contributed by atoms with Crippen molar-refractivity contribution in [2.24, 2.45) is 5.41 Å². The number of carbonyl (C=O) groups is 1. The number of nitrogens with zero attached hydrogens (tertiary/aromatic N) is 2. The lowest BCUT2D eigenvalue weighted by Gasteiger charge is -2.29. The van der Waals surface area contributed by atoms with Gasteiger partial charge in [-0.25, -0.2) is 4.68 Å². The van der Waals surface area contributed by atoms with E-state index in [0.717, 1.165) is 71.5 Å². The topological polar surface area (TPSA) is 96.8 Å². The van der Waals surface area contributed by atoms with E-state index in [4.69, 9.17) is 5.10 Å². The van der Waals surface area contributed by atoms with Crippen molar-refractivity contribution in [2.75, 3.05) is 16.8 Å². The summed E-state index contributed by atoms with van der Waals surface area (Å²) in [7, 11) is -0.754. The molecule has 1 aliphatic carbocycles. The van der Waals surface area contributed by atoms with Crippen molar-refractivity contribution in [1.82, 2.24) is 14.8 Å². The molecule has 0 radical (unpaired) electrons. The fourth-order valence-corrected chi connectivity index (χ4v) is 6.90. The number of rotatable bonds is 5. The molecule has 0 saturated carbocycles. The van der Waals surface area contributed by atoms with Crippen LogP contribution in [0.1, 0.15) is 73.9 Å². The Morgan fingerprint density at radius 3 is 2.63 bits per heavy atom. The van der Waals surface area contributed by atoms with E-state index in [1.165, 1.54) is 0 Å². The highest BCUT2D eigenvalue weighted by Gasteiger charge is 2.36. The molecular weight excluding hydrogens is 460 g/mol. The third kappa shape index (κ3) is 4.60. The maximum atomic E-state index is 13.2. The summed E-state index contributed by atoms with van der Waals surface area (Å²) >= 11 is 0. The summed E-state index contributed by atoms with van der Waals surface area (Å²) in [5, 5.41) is 9.90. The molecule has 1 aliphatic heterocycles. The summed E-state index contributed by atoms with van der Waals surface area (Å²) in [4.78, 5) is 29.2. The molecule has 186 valence electrons. The van der Waals surface area contributed by atoms with E-state index in [0.29, 0.717) is 23.3 Å². The fraction of sp³-hybridized carbons (Fsp3) is 0.519. The Morgan fingerprint density at radius 1 is 1.17 bits per heavy atom. The van der Waals surface area contributed by atoms with Gasteiger partial charge in [-0.1, -0.05) is 27.2 Å². The predicted octanol–water partition coefficient (Wildman–Crippen LogP) is 4.45. The summed E-state index contributed by atoms with van der Waals surface area (Å²) in [5.41, 5.74) is 4.74. The molecule has 1 saturated heterocycles. The number of aromatic nitrogens is 3. The summed E-state index contributed by atoms with van der Waals surface area (Å²) < 4.78 is 13.8. The third-order valence-corrected chi connectivity index (χ3v) is 8.60. The van der Waals surface area contributed by atoms with E-state index in [1.807, 2.05) is 23.7 Å². The van der Waals surface area contributed by atoms with Crippen LogP contribution in [0.25, 0.3) is 16.5 Å². The smallest absolute Gasteiger partial charge is 0.258 e. The highest BCUT2D eigenvalue weighted by atomic mass is 32.2. The summed E-state index contributed by atoms with van der Waals surface area (Å²) in [5.74, 6) is 1.50. The average Bonchev–Trinajstić information content (AvgIpc) is 3.10. The van der Waals surface area contributed by atoms with Crippen LogP contribution in [-0.2, 0) is 23.6 Å². The monoisotopic (exact) mass is 494 g/mol. The number of aromatic amines is 1. The molecule has 2 aliphatic rings. The molecule has 3 heterocycles. The van der Waals surface area contributed by atoms with E-state index >= 15 is 0 Å². The first kappa shape index (κ1) is 24.0. The molecule has 0 amide bonds. The minimum Gasteiger partial charge on any atom is -0.382 e. The van der Waals surface area contributed by atoms with Crippen LogP contribution in [0.3, 0.4) is 0 Å². The highest BCUT2D eigenvalue weighted by molar-refractivity contribution is 7.85. The first-order valence-corrected chi connectivity index (χ1v) is 14.1. The second-order valence-corrected chi connectivity index (χ2v) is 12.6. The van der Waals surface area contributed by atoms with Crippen LogP contribution in [0, 0.1) is 12.3 Å². The Labute approximate surface area is 208 Å². The Kier molecular flexibility index (Phi) is 6.20. The van der Waals surface area contributed by atoms with E-state index in [2.05, 4.69) is 37.1 Å². The Bertz CT molecular complexity index is 1390. The zero-order chi connectivity index (χ0) is 24.9. The van der Waals surface area contributed by atoms with Crippen molar-refractivity contribution in [1.29, 1.82) is 0 Å². The lowest BCUT2D eigenvalue weighted by Crippen LogP contribution is -2.30. The highest BCUT2D eigenvalue weighted by Crippen LogP contribution is 2.38. The van der Waals surface area contributed by atoms with Gasteiger partial charge in [0.1, 0.15) is 0 Å². The van der Waals surface area contributed by atoms with E-state index in [1.54, 1.807) is 0 Å². The van der Waals surface area contributed by atoms with Crippen molar-refractivity contribution >= 4 is 33.0 Å². The lowest BCUT2D eigenvalue weighted by atomic mass is 9.75. The zero-order valence-corrected chi connectivity index (χ0v) is 21.8. The Morgan fingerprint density at radius 2 is 1.91 bits per heavy atom. The molecule has 0 atom stereocenters. The van der Waals surface area contributed by atoms with Gasteiger partial charge in [-0.05, 0) is 61.6 Å². The van der Waals surface area contributed by atoms with Crippen molar-refractivity contribution in [3.8, 4) is 5.69 Å². The van der Waals surface area contributed by atoms with Crippen LogP contribution in [0.5, 0.6) is 0 Å². The molecule has 0 unspecified atom stereocenters. The Balaban J connectivity index is 1.68. The number of benzene rings is 1. The number of aryl methyl sites for hydroxylation is 2. The van der Waals surface area contributed by atoms with Crippen LogP contribution >= 0.6 is 0 Å². The van der Waals surface area contributed by atoms with Gasteiger partial charge in [0, 0.05) is 46.1 Å². The number of hydrogen-bond acceptors (Lipinski definition) is 5. The normalized spacial score (nSPS) is 21.8. The van der Waals surface area contributed by atoms with Gasteiger partial charge in [-0.2, -0.15) is 5.10 Å². The molecule has 3 aromatic rings.